The number of likely N-dealkylation sites (N-methyl/N-ethyl adjacent to an activating group) is 1. The van der Waals surface area contributed by atoms with E-state index in [1.807, 2.05) is 0 Å². The van der Waals surface area contributed by atoms with Crippen molar-refractivity contribution < 1.29 is 22.4 Å². The molecule has 22 heavy (non-hydrogen) atoms. The third kappa shape index (κ3) is 4.10. The van der Waals surface area contributed by atoms with Gasteiger partial charge in [0.25, 0.3) is 5.91 Å². The summed E-state index contributed by atoms with van der Waals surface area (Å²) < 4.78 is 51.3. The smallest absolute Gasteiger partial charge is 0.337 e. The Kier molecular flexibility index (Phi) is 6.19. The second kappa shape index (κ2) is 7.28. The quantitative estimate of drug-likeness (QED) is 0.839. The molecule has 1 unspecified atom stereocenters. The van der Waals surface area contributed by atoms with Crippen molar-refractivity contribution in [1.82, 2.24) is 10.2 Å². The zero-order valence-electron chi connectivity index (χ0n) is 11.9. The van der Waals surface area contributed by atoms with Crippen molar-refractivity contribution in [2.45, 2.75) is 25.1 Å². The van der Waals surface area contributed by atoms with E-state index in [2.05, 4.69) is 5.32 Å². The van der Waals surface area contributed by atoms with Crippen LogP contribution >= 0.6 is 12.4 Å². The topological polar surface area (TPSA) is 32.3 Å². The first-order valence-electron chi connectivity index (χ1n) is 6.66. The van der Waals surface area contributed by atoms with Gasteiger partial charge in [0, 0.05) is 24.7 Å². The number of rotatable bonds is 2. The van der Waals surface area contributed by atoms with Crippen LogP contribution in [0.15, 0.2) is 18.2 Å². The lowest BCUT2D eigenvalue weighted by atomic mass is 10.0. The zero-order valence-corrected chi connectivity index (χ0v) is 12.7. The molecule has 1 aromatic rings. The van der Waals surface area contributed by atoms with Crippen molar-refractivity contribution in [3.05, 3.63) is 35.1 Å². The molecule has 0 spiro atoms. The van der Waals surface area contributed by atoms with Gasteiger partial charge in [-0.25, -0.2) is 4.39 Å². The second-order valence-electron chi connectivity index (χ2n) is 5.07. The van der Waals surface area contributed by atoms with Gasteiger partial charge in [0.2, 0.25) is 0 Å². The number of carbonyl (C=O) groups excluding carboxylic acids is 1. The van der Waals surface area contributed by atoms with Gasteiger partial charge in [0.05, 0.1) is 5.56 Å². The summed E-state index contributed by atoms with van der Waals surface area (Å²) in [5.74, 6) is -1.87. The van der Waals surface area contributed by atoms with Crippen LogP contribution in [0, 0.1) is 5.82 Å². The SMILES string of the molecule is CNC1CCCN(C(=O)c2ccc(F)c(C(F)(F)F)c2)C1.Cl. The van der Waals surface area contributed by atoms with E-state index >= 15 is 0 Å². The highest BCUT2D eigenvalue weighted by Crippen LogP contribution is 2.32. The Labute approximate surface area is 132 Å². The van der Waals surface area contributed by atoms with Crippen molar-refractivity contribution in [2.24, 2.45) is 0 Å². The summed E-state index contributed by atoms with van der Waals surface area (Å²) in [5, 5.41) is 3.05. The molecule has 1 heterocycles. The van der Waals surface area contributed by atoms with Crippen molar-refractivity contribution in [3.63, 3.8) is 0 Å². The predicted molar refractivity (Wildman–Crippen MR) is 76.6 cm³/mol. The highest BCUT2D eigenvalue weighted by molar-refractivity contribution is 5.94. The van der Waals surface area contributed by atoms with Gasteiger partial charge in [0.1, 0.15) is 5.82 Å². The molecular weight excluding hydrogens is 324 g/mol. The molecule has 1 atom stereocenters. The number of hydrogen-bond donors (Lipinski definition) is 1. The maximum Gasteiger partial charge on any atom is 0.419 e. The lowest BCUT2D eigenvalue weighted by Gasteiger charge is -2.32. The fourth-order valence-corrected chi connectivity index (χ4v) is 2.46. The van der Waals surface area contributed by atoms with Gasteiger partial charge in [-0.2, -0.15) is 13.2 Å². The average molecular weight is 341 g/mol. The number of hydrogen-bond acceptors (Lipinski definition) is 2. The number of amides is 1. The maximum absolute atomic E-state index is 13.2. The van der Waals surface area contributed by atoms with E-state index in [-0.39, 0.29) is 24.0 Å². The molecule has 1 saturated heterocycles. The standard InChI is InChI=1S/C14H16F4N2O.ClH/c1-19-10-3-2-6-20(8-10)13(21)9-4-5-12(15)11(7-9)14(16,17)18;/h4-5,7,10,19H,2-3,6,8H2,1H3;1H. The molecule has 1 fully saturated rings. The number of halogens is 5. The molecule has 1 N–H and O–H groups in total. The summed E-state index contributed by atoms with van der Waals surface area (Å²) in [7, 11) is 1.78. The largest absolute Gasteiger partial charge is 0.419 e. The van der Waals surface area contributed by atoms with E-state index in [0.29, 0.717) is 25.2 Å². The minimum atomic E-state index is -4.81. The van der Waals surface area contributed by atoms with Crippen LogP contribution < -0.4 is 5.32 Å². The maximum atomic E-state index is 13.2. The van der Waals surface area contributed by atoms with Crippen molar-refractivity contribution >= 4 is 18.3 Å². The molecule has 1 aliphatic heterocycles. The molecule has 0 bridgehead atoms. The molecule has 0 radical (unpaired) electrons. The Morgan fingerprint density at radius 2 is 2.05 bits per heavy atom. The molecule has 0 aromatic heterocycles. The summed E-state index contributed by atoms with van der Waals surface area (Å²) in [6, 6.07) is 2.50. The van der Waals surface area contributed by atoms with Crippen LogP contribution in [0.25, 0.3) is 0 Å². The lowest BCUT2D eigenvalue weighted by Crippen LogP contribution is -2.47. The van der Waals surface area contributed by atoms with Crippen LogP contribution in [-0.4, -0.2) is 37.0 Å². The molecule has 8 heteroatoms. The van der Waals surface area contributed by atoms with Gasteiger partial charge in [-0.05, 0) is 38.1 Å². The van der Waals surface area contributed by atoms with Crippen LogP contribution in [0.3, 0.4) is 0 Å². The average Bonchev–Trinajstić information content (AvgIpc) is 2.46. The first-order valence-corrected chi connectivity index (χ1v) is 6.66. The molecule has 1 aliphatic rings. The second-order valence-corrected chi connectivity index (χ2v) is 5.07. The molecule has 2 rings (SSSR count). The Bertz CT molecular complexity index is 536. The van der Waals surface area contributed by atoms with Gasteiger partial charge in [-0.1, -0.05) is 0 Å². The fraction of sp³-hybridized carbons (Fsp3) is 0.500. The Hall–Kier alpha value is -1.34. The van der Waals surface area contributed by atoms with Crippen LogP contribution in [0.5, 0.6) is 0 Å². The molecule has 3 nitrogen and oxygen atoms in total. The van der Waals surface area contributed by atoms with E-state index in [1.165, 1.54) is 4.90 Å². The number of carbonyl (C=O) groups is 1. The Morgan fingerprint density at radius 3 is 2.64 bits per heavy atom. The normalized spacial score (nSPS) is 18.8. The molecule has 0 saturated carbocycles. The zero-order chi connectivity index (χ0) is 15.6. The molecule has 1 amide bonds. The van der Waals surface area contributed by atoms with E-state index < -0.39 is 23.5 Å². The van der Waals surface area contributed by atoms with E-state index in [4.69, 9.17) is 0 Å². The fourth-order valence-electron chi connectivity index (χ4n) is 2.46. The Morgan fingerprint density at radius 1 is 1.36 bits per heavy atom. The van der Waals surface area contributed by atoms with Gasteiger partial charge in [-0.15, -0.1) is 12.4 Å². The molecule has 0 aliphatic carbocycles. The summed E-state index contributed by atoms with van der Waals surface area (Å²) in [4.78, 5) is 13.8. The number of nitrogens with zero attached hydrogens (tertiary/aromatic N) is 1. The van der Waals surface area contributed by atoms with E-state index in [9.17, 15) is 22.4 Å². The Balaban J connectivity index is 0.00000242. The van der Waals surface area contributed by atoms with Crippen LogP contribution in [0.4, 0.5) is 17.6 Å². The first-order chi connectivity index (χ1) is 9.82. The number of benzene rings is 1. The third-order valence-corrected chi connectivity index (χ3v) is 3.64. The van der Waals surface area contributed by atoms with Gasteiger partial charge in [0.15, 0.2) is 0 Å². The van der Waals surface area contributed by atoms with Gasteiger partial charge < -0.3 is 10.2 Å². The number of piperidine rings is 1. The highest BCUT2D eigenvalue weighted by atomic mass is 35.5. The molecular formula is C14H17ClF4N2O. The van der Waals surface area contributed by atoms with Gasteiger partial charge >= 0.3 is 6.18 Å². The molecule has 124 valence electrons. The predicted octanol–water partition coefficient (Wildman–Crippen LogP) is 3.09. The monoisotopic (exact) mass is 340 g/mol. The minimum Gasteiger partial charge on any atom is -0.337 e. The molecule has 1 aromatic carbocycles. The highest BCUT2D eigenvalue weighted by Gasteiger charge is 2.35. The lowest BCUT2D eigenvalue weighted by molar-refractivity contribution is -0.140. The van der Waals surface area contributed by atoms with Crippen molar-refractivity contribution in [2.75, 3.05) is 20.1 Å². The van der Waals surface area contributed by atoms with Crippen LogP contribution in [0.1, 0.15) is 28.8 Å². The third-order valence-electron chi connectivity index (χ3n) is 3.64. The summed E-state index contributed by atoms with van der Waals surface area (Å²) in [6.45, 7) is 0.934. The number of likely N-dealkylation sites (tertiary alicyclic amines) is 1. The minimum absolute atomic E-state index is 0. The van der Waals surface area contributed by atoms with Crippen LogP contribution in [-0.2, 0) is 6.18 Å². The summed E-state index contributed by atoms with van der Waals surface area (Å²) >= 11 is 0. The van der Waals surface area contributed by atoms with Crippen LogP contribution in [0.2, 0.25) is 0 Å². The van der Waals surface area contributed by atoms with Crippen molar-refractivity contribution in [1.29, 1.82) is 0 Å². The first kappa shape index (κ1) is 18.7. The van der Waals surface area contributed by atoms with Crippen molar-refractivity contribution in [3.8, 4) is 0 Å². The van der Waals surface area contributed by atoms with E-state index in [0.717, 1.165) is 18.9 Å². The summed E-state index contributed by atoms with van der Waals surface area (Å²) in [5.41, 5.74) is -1.55. The summed E-state index contributed by atoms with van der Waals surface area (Å²) in [6.07, 6.45) is -3.11. The van der Waals surface area contributed by atoms with Gasteiger partial charge in [-0.3, -0.25) is 4.79 Å². The number of alkyl halides is 3. The number of nitrogens with one attached hydrogen (secondary N) is 1. The van der Waals surface area contributed by atoms with E-state index in [1.54, 1.807) is 7.05 Å².